The minimum atomic E-state index is -3.54. The number of carbonyl (C=O) groups excluding carboxylic acids is 4. The predicted molar refractivity (Wildman–Crippen MR) is 426 cm³/mol. The molecule has 0 fully saturated rings. The summed E-state index contributed by atoms with van der Waals surface area (Å²) < 4.78 is 97.4. The van der Waals surface area contributed by atoms with Gasteiger partial charge in [0.25, 0.3) is 5.91 Å². The first kappa shape index (κ1) is 89.1. The van der Waals surface area contributed by atoms with Crippen LogP contribution < -0.4 is 22.5 Å². The van der Waals surface area contributed by atoms with E-state index in [4.69, 9.17) is 17.2 Å². The Morgan fingerprint density at radius 2 is 0.944 bits per heavy atom. The van der Waals surface area contributed by atoms with Crippen LogP contribution in [0.15, 0.2) is 193 Å². The van der Waals surface area contributed by atoms with Crippen LogP contribution in [0.5, 0.6) is 0 Å². The summed E-state index contributed by atoms with van der Waals surface area (Å²) in [5.41, 5.74) is 25.4. The van der Waals surface area contributed by atoms with Gasteiger partial charge in [0.2, 0.25) is 27.7 Å². The molecule has 0 bridgehead atoms. The molecule has 0 spiro atoms. The van der Waals surface area contributed by atoms with Crippen LogP contribution in [0.2, 0.25) is 0 Å². The third-order valence-corrected chi connectivity index (χ3v) is 20.8. The average Bonchev–Trinajstić information content (AvgIpc) is 0.828. The Morgan fingerprint density at radius 3 is 1.48 bits per heavy atom. The van der Waals surface area contributed by atoms with Gasteiger partial charge >= 0.3 is 0 Å². The summed E-state index contributed by atoms with van der Waals surface area (Å²) in [6.45, 7) is 9.89. The molecule has 0 aromatic heterocycles. The molecule has 0 radical (unpaired) electrons. The second-order valence-corrected chi connectivity index (χ2v) is 31.0. The summed E-state index contributed by atoms with van der Waals surface area (Å²) in [4.78, 5) is 57.1. The zero-order valence-corrected chi connectivity index (χ0v) is 66.1. The fraction of sp³-hybridized carbons (Fsp3) is 0.373. The number of hydrogen-bond donors (Lipinski definition) is 7. The van der Waals surface area contributed by atoms with Crippen molar-refractivity contribution in [2.75, 3.05) is 45.0 Å². The van der Waals surface area contributed by atoms with E-state index in [2.05, 4.69) is 43.8 Å². The van der Waals surface area contributed by atoms with Crippen molar-refractivity contribution in [3.05, 3.63) is 281 Å². The first-order valence-corrected chi connectivity index (χ1v) is 39.8. The zero-order valence-electron chi connectivity index (χ0n) is 61.6. The van der Waals surface area contributed by atoms with E-state index in [1.54, 1.807) is 42.5 Å². The Morgan fingerprint density at radius 1 is 0.491 bits per heavy atom. The maximum Gasteiger partial charge on any atom is 0.254 e. The Labute approximate surface area is 654 Å². The van der Waals surface area contributed by atoms with E-state index in [1.807, 2.05) is 131 Å². The van der Waals surface area contributed by atoms with E-state index < -0.39 is 69.7 Å². The van der Waals surface area contributed by atoms with Crippen molar-refractivity contribution in [1.29, 1.82) is 0 Å². The number of aliphatic hydroxyl groups is 3. The molecule has 0 aliphatic rings. The monoisotopic (exact) mass is 1690 g/mol. The zero-order chi connectivity index (χ0) is 78.9. The van der Waals surface area contributed by atoms with Crippen molar-refractivity contribution in [3.63, 3.8) is 0 Å². The second-order valence-electron chi connectivity index (χ2n) is 26.8. The molecule has 10 N–H and O–H groups in total. The van der Waals surface area contributed by atoms with Gasteiger partial charge in [0.05, 0.1) is 30.5 Å². The maximum absolute atomic E-state index is 14.0. The number of nitrogens with two attached hydrogens (primary N) is 3. The summed E-state index contributed by atoms with van der Waals surface area (Å²) in [6, 6.07) is 49.7. The molecule has 0 aliphatic carbocycles. The van der Waals surface area contributed by atoms with Gasteiger partial charge in [0, 0.05) is 116 Å². The van der Waals surface area contributed by atoms with Gasteiger partial charge in [-0.2, -0.15) is 0 Å². The van der Waals surface area contributed by atoms with Gasteiger partial charge in [0.1, 0.15) is 29.1 Å². The molecule has 0 saturated carbocycles. The summed E-state index contributed by atoms with van der Waals surface area (Å²) in [6.07, 6.45) is 0.495. The number of benzene rings is 8. The number of rotatable bonds is 38. The van der Waals surface area contributed by atoms with Crippen molar-refractivity contribution in [2.24, 2.45) is 17.2 Å². The van der Waals surface area contributed by atoms with Crippen molar-refractivity contribution < 1.29 is 64.9 Å². The fourth-order valence-electron chi connectivity index (χ4n) is 12.0. The molecule has 8 rings (SSSR count). The quantitative estimate of drug-likeness (QED) is 0.0141. The number of carbonyl (C=O) groups is 4. The topological polar surface area (TPSA) is 266 Å². The predicted octanol–water partition coefficient (Wildman–Crippen LogP) is 12.3. The minimum Gasteiger partial charge on any atom is -0.390 e. The van der Waals surface area contributed by atoms with E-state index >= 15 is 0 Å². The highest BCUT2D eigenvalue weighted by molar-refractivity contribution is 14.1. The molecular formula is C83H101BrF5IN8O9S. The molecule has 25 heteroatoms. The molecule has 17 nitrogen and oxygen atoms in total. The van der Waals surface area contributed by atoms with Crippen LogP contribution in [0.4, 0.5) is 22.0 Å². The highest BCUT2D eigenvalue weighted by Crippen LogP contribution is 2.23. The van der Waals surface area contributed by atoms with E-state index in [0.29, 0.717) is 53.9 Å². The Kier molecular flexibility index (Phi) is 37.9. The van der Waals surface area contributed by atoms with Crippen molar-refractivity contribution >= 4 is 72.2 Å². The van der Waals surface area contributed by atoms with Crippen LogP contribution in [-0.4, -0.2) is 148 Å². The third-order valence-electron chi connectivity index (χ3n) is 17.7. The largest absolute Gasteiger partial charge is 0.390 e. The van der Waals surface area contributed by atoms with Crippen LogP contribution in [0.25, 0.3) is 0 Å². The van der Waals surface area contributed by atoms with Gasteiger partial charge < -0.3 is 52.5 Å². The molecule has 8 aromatic rings. The van der Waals surface area contributed by atoms with Gasteiger partial charge in [-0.1, -0.05) is 159 Å². The number of aliphatic hydroxyl groups excluding tert-OH is 3. The first-order chi connectivity index (χ1) is 51.6. The molecule has 582 valence electrons. The normalized spacial score (nSPS) is 13.0. The highest BCUT2D eigenvalue weighted by atomic mass is 127. The highest BCUT2D eigenvalue weighted by Gasteiger charge is 2.30. The lowest BCUT2D eigenvalue weighted by Gasteiger charge is -2.29. The van der Waals surface area contributed by atoms with Crippen molar-refractivity contribution in [2.45, 2.75) is 154 Å². The summed E-state index contributed by atoms with van der Waals surface area (Å²) in [7, 11) is -3.54. The number of halogens is 7. The van der Waals surface area contributed by atoms with Gasteiger partial charge in [-0.25, -0.2) is 34.7 Å². The number of nitrogens with one attached hydrogen (secondary N) is 1. The molecular weight excluding hydrogens is 1590 g/mol. The minimum absolute atomic E-state index is 0.0244. The van der Waals surface area contributed by atoms with Crippen molar-refractivity contribution in [3.8, 4) is 0 Å². The fourth-order valence-corrected chi connectivity index (χ4v) is 14.7. The summed E-state index contributed by atoms with van der Waals surface area (Å²) in [5.74, 6) is -4.62. The van der Waals surface area contributed by atoms with E-state index in [1.165, 1.54) is 49.3 Å². The van der Waals surface area contributed by atoms with Gasteiger partial charge in [-0.3, -0.25) is 19.2 Å². The Bertz CT molecular complexity index is 4230. The van der Waals surface area contributed by atoms with Gasteiger partial charge in [0.15, 0.2) is 0 Å². The smallest absolute Gasteiger partial charge is 0.254 e. The second kappa shape index (κ2) is 46.0. The number of nitrogens with zero attached hydrogens (tertiary/aromatic N) is 4. The maximum atomic E-state index is 14.0. The molecule has 8 aromatic carbocycles. The Balaban J connectivity index is 0.000000254. The SMILES string of the molecule is CCCN(CCC)S(=O)(=O)CCC(=O)N(Cc1ccccc1)C[C@@H](O)[C@@H](N)Cc1cccc(Br)c1.CCCNC(=O)Cc1ccccc1C(=O)N(Cc1cccc(CC)c1)C[C@@H](O)[C@@H](N)Cc1cc(F)cc(F)c1.N[C@@H](Cc1cc(F)cc(F)c1)[C@H](O)CN(Cc1cccc(I)c1)C(=O)CCc1ccccc1F. The third kappa shape index (κ3) is 30.9. The van der Waals surface area contributed by atoms with Gasteiger partial charge in [-0.15, -0.1) is 0 Å². The summed E-state index contributed by atoms with van der Waals surface area (Å²) in [5, 5.41) is 35.4. The molecule has 0 heterocycles. The molecule has 0 aliphatic heterocycles. The molecule has 108 heavy (non-hydrogen) atoms. The van der Waals surface area contributed by atoms with Crippen LogP contribution >= 0.6 is 38.5 Å². The van der Waals surface area contributed by atoms with Crippen molar-refractivity contribution in [1.82, 2.24) is 24.3 Å². The summed E-state index contributed by atoms with van der Waals surface area (Å²) >= 11 is 5.61. The Hall–Kier alpha value is -7.83. The molecule has 6 atom stereocenters. The molecule has 0 unspecified atom stereocenters. The first-order valence-electron chi connectivity index (χ1n) is 36.3. The van der Waals surface area contributed by atoms with Crippen LogP contribution in [0.1, 0.15) is 120 Å². The van der Waals surface area contributed by atoms with E-state index in [-0.39, 0.29) is 113 Å². The standard InChI is InChI=1S/C31H37F2N3O3.C26H38BrN3O4S.C26H26F3IN2O2/c1-3-12-35-30(38)17-24-10-5-6-11-27(24)31(39)36(19-22-9-7-8-21(4-2)13-22)20-29(37)28(34)16-23-14-25(32)18-26(33)15-23;1-3-14-30(15-4-2)35(33,34)16-13-26(32)29(19-21-9-6-5-7-10-21)20-25(31)24(28)18-22-11-8-12-23(27)17-22;27-20-10-18(11-21(28)14-20)13-24(31)25(33)16-32(15-17-4-3-6-22(30)12-17)26(34)9-8-19-5-1-2-7-23(19)29/h5-11,13-15,18,28-29,37H,3-4,12,16-17,19-20,34H2,1-2H3,(H,35,38);5-12,17,24-25,31H,3-4,13-16,18-20,28H2,1-2H3;1-7,10-12,14,24-25,33H,8-9,13,15-16,31H2/t28-,29+;2*24-,25+/m000/s1. The van der Waals surface area contributed by atoms with Crippen LogP contribution in [0.3, 0.4) is 0 Å². The lowest BCUT2D eigenvalue weighted by molar-refractivity contribution is -0.134. The van der Waals surface area contributed by atoms with Crippen LogP contribution in [-0.2, 0) is 82.6 Å². The number of sulfonamides is 1. The molecule has 0 saturated heterocycles. The number of aryl methyl sites for hydroxylation is 2. The van der Waals surface area contributed by atoms with Crippen LogP contribution in [0, 0.1) is 32.7 Å². The number of hydrogen-bond acceptors (Lipinski definition) is 12. The van der Waals surface area contributed by atoms with Gasteiger partial charge in [-0.05, 0) is 185 Å². The number of amides is 4. The van der Waals surface area contributed by atoms with E-state index in [0.717, 1.165) is 73.7 Å². The lowest BCUT2D eigenvalue weighted by atomic mass is 9.99. The lowest BCUT2D eigenvalue weighted by Crippen LogP contribution is -2.46. The molecule has 4 amide bonds. The average molecular weight is 1690 g/mol. The van der Waals surface area contributed by atoms with E-state index in [9.17, 15) is 64.9 Å².